The van der Waals surface area contributed by atoms with Crippen LogP contribution in [-0.2, 0) is 16.2 Å². The predicted octanol–water partition coefficient (Wildman–Crippen LogP) is 20.6. The van der Waals surface area contributed by atoms with Gasteiger partial charge in [-0.3, -0.25) is 0 Å². The molecule has 0 N–H and O–H groups in total. The first-order valence-electron chi connectivity index (χ1n) is 29.1. The Bertz CT molecular complexity index is 4510. The second kappa shape index (κ2) is 19.2. The van der Waals surface area contributed by atoms with Crippen LogP contribution in [0.5, 0.6) is 0 Å². The highest BCUT2D eigenvalue weighted by molar-refractivity contribution is 5.98. The molecule has 1 atom stereocenters. The third kappa shape index (κ3) is 7.14. The first-order valence-corrected chi connectivity index (χ1v) is 29.1. The lowest BCUT2D eigenvalue weighted by molar-refractivity contribution is 0.714. The minimum Gasteiger partial charge on any atom is -0.310 e. The normalized spacial score (nSPS) is 15.3. The van der Waals surface area contributed by atoms with Crippen molar-refractivity contribution in [3.63, 3.8) is 0 Å². The van der Waals surface area contributed by atoms with Gasteiger partial charge in [-0.2, -0.15) is 0 Å². The minimum atomic E-state index is -0.548. The molecule has 0 spiro atoms. The van der Waals surface area contributed by atoms with Crippen molar-refractivity contribution >= 4 is 17.1 Å². The SMILES string of the molecule is CC1(c2ccccc2)c2ccccc2-c2ccc(-c3ccc(N(c4ccc(-c5ccc6c(c5)C(c5ccccc5)(c5ccccc5)c5ccccc5-6)cc4)c4cccc5c4-c4ccccc4C5(c4ccccc4)c4ccccc4)cc3)cc21. The van der Waals surface area contributed by atoms with Gasteiger partial charge in [0.25, 0.3) is 0 Å². The summed E-state index contributed by atoms with van der Waals surface area (Å²) in [7, 11) is 0. The van der Waals surface area contributed by atoms with Crippen molar-refractivity contribution in [1.82, 2.24) is 0 Å². The largest absolute Gasteiger partial charge is 0.310 e. The topological polar surface area (TPSA) is 3.24 Å². The smallest absolute Gasteiger partial charge is 0.0714 e. The zero-order valence-electron chi connectivity index (χ0n) is 46.1. The van der Waals surface area contributed by atoms with Crippen molar-refractivity contribution in [2.75, 3.05) is 4.90 Å². The van der Waals surface area contributed by atoms with E-state index >= 15 is 0 Å². The number of nitrogens with zero attached hydrogens (tertiary/aromatic N) is 1. The van der Waals surface area contributed by atoms with Crippen LogP contribution >= 0.6 is 0 Å². The average molecular weight is 1060 g/mol. The van der Waals surface area contributed by atoms with E-state index in [4.69, 9.17) is 0 Å². The molecule has 0 bridgehead atoms. The Balaban J connectivity index is 0.862. The summed E-state index contributed by atoms with van der Waals surface area (Å²) in [5, 5.41) is 0. The molecule has 16 rings (SSSR count). The summed E-state index contributed by atoms with van der Waals surface area (Å²) in [6, 6.07) is 122. The molecular formula is C82H57N. The van der Waals surface area contributed by atoms with Gasteiger partial charge in [-0.05, 0) is 161 Å². The zero-order valence-corrected chi connectivity index (χ0v) is 46.1. The maximum atomic E-state index is 2.50. The van der Waals surface area contributed by atoms with Gasteiger partial charge in [0.2, 0.25) is 0 Å². The van der Waals surface area contributed by atoms with E-state index in [0.29, 0.717) is 0 Å². The van der Waals surface area contributed by atoms with Gasteiger partial charge in [-0.1, -0.05) is 285 Å². The predicted molar refractivity (Wildman–Crippen MR) is 344 cm³/mol. The highest BCUT2D eigenvalue weighted by Crippen LogP contribution is 2.61. The van der Waals surface area contributed by atoms with Gasteiger partial charge in [0.05, 0.1) is 16.5 Å². The standard InChI is InChI=1S/C82H57N/c1-80(60-24-7-2-8-25-60)72-37-20-17-34-67(72)69-52-46-58(54-76(69)80)56-42-48-65(49-43-56)83(78-41-23-40-75-79(78)71-36-19-22-39-74(71)81(75,61-26-9-3-10-27-61)62-28-11-4-12-29-62)66-50-44-57(45-51-66)59-47-53-70-68-35-18-21-38-73(68)82(77(70)55-59,63-30-13-5-14-31-63)64-32-15-6-16-33-64/h2-55H,1H3. The molecule has 0 saturated heterocycles. The number of anilines is 3. The third-order valence-corrected chi connectivity index (χ3v) is 18.7. The molecule has 3 aliphatic rings. The Morgan fingerprint density at radius 2 is 0.566 bits per heavy atom. The van der Waals surface area contributed by atoms with Crippen LogP contribution in [-0.4, -0.2) is 0 Å². The molecule has 3 aliphatic carbocycles. The number of fused-ring (bicyclic) bond motifs is 9. The van der Waals surface area contributed by atoms with Gasteiger partial charge in [0.15, 0.2) is 0 Å². The first kappa shape index (κ1) is 48.6. The minimum absolute atomic E-state index is 0.289. The van der Waals surface area contributed by atoms with Crippen LogP contribution in [0.2, 0.25) is 0 Å². The van der Waals surface area contributed by atoms with E-state index < -0.39 is 10.8 Å². The maximum absolute atomic E-state index is 2.50. The molecule has 0 saturated carbocycles. The molecule has 0 fully saturated rings. The molecular weight excluding hydrogens is 999 g/mol. The van der Waals surface area contributed by atoms with Crippen molar-refractivity contribution in [3.05, 3.63) is 389 Å². The van der Waals surface area contributed by atoms with Crippen LogP contribution in [0.25, 0.3) is 55.6 Å². The monoisotopic (exact) mass is 1060 g/mol. The van der Waals surface area contributed by atoms with Crippen LogP contribution in [0.3, 0.4) is 0 Å². The molecule has 13 aromatic rings. The fourth-order valence-corrected chi connectivity index (χ4v) is 15.1. The van der Waals surface area contributed by atoms with Crippen LogP contribution in [0, 0.1) is 0 Å². The van der Waals surface area contributed by atoms with Gasteiger partial charge in [0.1, 0.15) is 0 Å². The summed E-state index contributed by atoms with van der Waals surface area (Å²) < 4.78 is 0. The summed E-state index contributed by atoms with van der Waals surface area (Å²) in [6.45, 7) is 2.40. The molecule has 1 heteroatoms. The summed E-state index contributed by atoms with van der Waals surface area (Å²) >= 11 is 0. The van der Waals surface area contributed by atoms with Crippen molar-refractivity contribution in [2.24, 2.45) is 0 Å². The fraction of sp³-hybridized carbons (Fsp3) is 0.0488. The average Bonchev–Trinajstić information content (AvgIpc) is 3.30. The Morgan fingerprint density at radius 3 is 1.06 bits per heavy atom. The highest BCUT2D eigenvalue weighted by Gasteiger charge is 2.49. The Kier molecular flexibility index (Phi) is 11.2. The van der Waals surface area contributed by atoms with Gasteiger partial charge in [-0.15, -0.1) is 0 Å². The van der Waals surface area contributed by atoms with Crippen molar-refractivity contribution in [2.45, 2.75) is 23.2 Å². The molecule has 0 aliphatic heterocycles. The third-order valence-electron chi connectivity index (χ3n) is 18.7. The van der Waals surface area contributed by atoms with Gasteiger partial charge < -0.3 is 4.90 Å². The Labute approximate surface area is 486 Å². The maximum Gasteiger partial charge on any atom is 0.0714 e. The van der Waals surface area contributed by atoms with E-state index in [2.05, 4.69) is 339 Å². The van der Waals surface area contributed by atoms with E-state index in [1.807, 2.05) is 0 Å². The van der Waals surface area contributed by atoms with E-state index in [9.17, 15) is 0 Å². The molecule has 83 heavy (non-hydrogen) atoms. The molecule has 13 aromatic carbocycles. The highest BCUT2D eigenvalue weighted by atomic mass is 15.1. The number of rotatable bonds is 10. The Hall–Kier alpha value is -10.3. The molecule has 390 valence electrons. The number of hydrogen-bond acceptors (Lipinski definition) is 1. The summed E-state index contributed by atoms with van der Waals surface area (Å²) in [5.74, 6) is 0. The van der Waals surface area contributed by atoms with Crippen molar-refractivity contribution in [3.8, 4) is 55.6 Å². The fourth-order valence-electron chi connectivity index (χ4n) is 15.1. The first-order chi connectivity index (χ1) is 41.1. The summed E-state index contributed by atoms with van der Waals surface area (Å²) in [5.41, 5.74) is 28.5. The number of benzene rings is 13. The van der Waals surface area contributed by atoms with Crippen molar-refractivity contribution in [1.29, 1.82) is 0 Å². The van der Waals surface area contributed by atoms with E-state index in [-0.39, 0.29) is 5.41 Å². The van der Waals surface area contributed by atoms with Crippen molar-refractivity contribution < 1.29 is 0 Å². The van der Waals surface area contributed by atoms with Crippen LogP contribution in [0.1, 0.15) is 68.1 Å². The molecule has 1 unspecified atom stereocenters. The lowest BCUT2D eigenvalue weighted by Crippen LogP contribution is -2.28. The molecule has 0 heterocycles. The molecule has 0 aromatic heterocycles. The van der Waals surface area contributed by atoms with Crippen LogP contribution in [0.4, 0.5) is 17.1 Å². The zero-order chi connectivity index (χ0) is 55.1. The van der Waals surface area contributed by atoms with E-state index in [0.717, 1.165) is 22.6 Å². The lowest BCUT2D eigenvalue weighted by Gasteiger charge is -2.34. The Morgan fingerprint density at radius 1 is 0.229 bits per heavy atom. The molecule has 1 nitrogen and oxygen atoms in total. The second-order valence-corrected chi connectivity index (χ2v) is 22.7. The second-order valence-electron chi connectivity index (χ2n) is 22.7. The van der Waals surface area contributed by atoms with E-state index in [1.54, 1.807) is 0 Å². The van der Waals surface area contributed by atoms with Crippen LogP contribution in [0.15, 0.2) is 328 Å². The summed E-state index contributed by atoms with van der Waals surface area (Å²) in [6.07, 6.45) is 0. The van der Waals surface area contributed by atoms with Crippen LogP contribution < -0.4 is 4.90 Å². The van der Waals surface area contributed by atoms with E-state index in [1.165, 1.54) is 111 Å². The van der Waals surface area contributed by atoms with Gasteiger partial charge in [0, 0.05) is 22.4 Å². The number of hydrogen-bond donors (Lipinski definition) is 0. The molecule has 0 radical (unpaired) electrons. The summed E-state index contributed by atoms with van der Waals surface area (Å²) in [4.78, 5) is 2.50. The quantitative estimate of drug-likeness (QED) is 0.132. The van der Waals surface area contributed by atoms with Gasteiger partial charge >= 0.3 is 0 Å². The lowest BCUT2D eigenvalue weighted by atomic mass is 9.67. The van der Waals surface area contributed by atoms with Gasteiger partial charge in [-0.25, -0.2) is 0 Å². The molecule has 0 amide bonds.